The topological polar surface area (TPSA) is 57.9 Å². The minimum atomic E-state index is 0.182. The van der Waals surface area contributed by atoms with Crippen molar-refractivity contribution in [3.05, 3.63) is 53.7 Å². The molecule has 0 amide bonds. The molecule has 0 aliphatic rings. The number of anilines is 1. The van der Waals surface area contributed by atoms with Crippen LogP contribution in [0.2, 0.25) is 0 Å². The minimum absolute atomic E-state index is 0.182. The highest BCUT2D eigenvalue weighted by Gasteiger charge is 2.09. The van der Waals surface area contributed by atoms with Gasteiger partial charge in [0.2, 0.25) is 0 Å². The molecule has 2 rings (SSSR count). The number of nitrogens with zero attached hydrogens (tertiary/aromatic N) is 2. The molecule has 2 aromatic rings. The maximum absolute atomic E-state index is 8.76. The highest BCUT2D eigenvalue weighted by molar-refractivity contribution is 5.42. The first-order chi connectivity index (χ1) is 9.76. The van der Waals surface area contributed by atoms with Gasteiger partial charge in [-0.3, -0.25) is 0 Å². The summed E-state index contributed by atoms with van der Waals surface area (Å²) in [7, 11) is 1.66. The molecule has 0 aliphatic carbocycles. The second-order valence-corrected chi connectivity index (χ2v) is 4.42. The average molecular weight is 267 g/mol. The number of nitrogens with one attached hydrogen (secondary N) is 1. The number of nitriles is 1. The molecule has 1 N–H and O–H groups in total. The lowest BCUT2D eigenvalue weighted by Crippen LogP contribution is -2.10. The molecule has 1 atom stereocenters. The largest absolute Gasteiger partial charge is 0.497 e. The van der Waals surface area contributed by atoms with Crippen LogP contribution in [-0.2, 0) is 0 Å². The van der Waals surface area contributed by atoms with Gasteiger partial charge in [0.1, 0.15) is 17.6 Å². The fourth-order valence-corrected chi connectivity index (χ4v) is 1.98. The normalized spacial score (nSPS) is 11.4. The number of ether oxygens (including phenoxy) is 1. The molecule has 20 heavy (non-hydrogen) atoms. The Labute approximate surface area is 119 Å². The van der Waals surface area contributed by atoms with E-state index < -0.39 is 0 Å². The van der Waals surface area contributed by atoms with Gasteiger partial charge >= 0.3 is 0 Å². The van der Waals surface area contributed by atoms with E-state index in [2.05, 4.69) is 23.3 Å². The first kappa shape index (κ1) is 13.9. The average Bonchev–Trinajstić information content (AvgIpc) is 2.53. The summed E-state index contributed by atoms with van der Waals surface area (Å²) in [6.07, 6.45) is 2.51. The predicted octanol–water partition coefficient (Wildman–Crippen LogP) is 3.53. The van der Waals surface area contributed by atoms with Crippen LogP contribution in [0.15, 0.2) is 42.6 Å². The van der Waals surface area contributed by atoms with Crippen LogP contribution in [0.5, 0.6) is 5.75 Å². The molecule has 0 bridgehead atoms. The van der Waals surface area contributed by atoms with E-state index in [0.717, 1.165) is 18.0 Å². The molecular weight excluding hydrogens is 250 g/mol. The molecule has 0 fully saturated rings. The van der Waals surface area contributed by atoms with E-state index in [0.29, 0.717) is 5.56 Å². The van der Waals surface area contributed by atoms with Crippen molar-refractivity contribution in [2.75, 3.05) is 12.4 Å². The van der Waals surface area contributed by atoms with Gasteiger partial charge in [0.25, 0.3) is 0 Å². The Morgan fingerprint density at radius 2 is 2.00 bits per heavy atom. The van der Waals surface area contributed by atoms with Gasteiger partial charge in [-0.05, 0) is 36.2 Å². The maximum atomic E-state index is 8.76. The van der Waals surface area contributed by atoms with Gasteiger partial charge in [-0.15, -0.1) is 0 Å². The van der Waals surface area contributed by atoms with Crippen LogP contribution in [0.25, 0.3) is 0 Å². The Bertz CT molecular complexity index is 585. The van der Waals surface area contributed by atoms with Crippen LogP contribution in [0, 0.1) is 11.3 Å². The summed E-state index contributed by atoms with van der Waals surface area (Å²) in [5.74, 6) is 1.62. The summed E-state index contributed by atoms with van der Waals surface area (Å²) in [5.41, 5.74) is 1.74. The second-order valence-electron chi connectivity index (χ2n) is 4.42. The standard InChI is InChI=1S/C16H17N3O/c1-3-15(13-5-7-14(20-2)8-6-13)19-16-9-4-12(10-17)11-18-16/h4-9,11,15H,3H2,1-2H3,(H,18,19). The van der Waals surface area contributed by atoms with E-state index in [9.17, 15) is 0 Å². The van der Waals surface area contributed by atoms with Crippen molar-refractivity contribution in [3.63, 3.8) is 0 Å². The lowest BCUT2D eigenvalue weighted by molar-refractivity contribution is 0.414. The fourth-order valence-electron chi connectivity index (χ4n) is 1.98. The summed E-state index contributed by atoms with van der Waals surface area (Å²) in [6.45, 7) is 2.12. The van der Waals surface area contributed by atoms with E-state index in [1.165, 1.54) is 5.56 Å². The molecule has 0 radical (unpaired) electrons. The summed E-state index contributed by atoms with van der Waals surface area (Å²) < 4.78 is 5.16. The molecule has 1 heterocycles. The molecule has 4 heteroatoms. The summed E-state index contributed by atoms with van der Waals surface area (Å²) in [6, 6.07) is 13.8. The first-order valence-corrected chi connectivity index (χ1v) is 6.53. The second kappa shape index (κ2) is 6.58. The third-order valence-electron chi connectivity index (χ3n) is 3.14. The molecule has 0 saturated heterocycles. The summed E-state index contributed by atoms with van der Waals surface area (Å²) in [4.78, 5) is 4.24. The van der Waals surface area contributed by atoms with Crippen LogP contribution in [-0.4, -0.2) is 12.1 Å². The van der Waals surface area contributed by atoms with Gasteiger partial charge in [-0.2, -0.15) is 5.26 Å². The Hall–Kier alpha value is -2.54. The van der Waals surface area contributed by atoms with Crippen molar-refractivity contribution in [2.45, 2.75) is 19.4 Å². The predicted molar refractivity (Wildman–Crippen MR) is 78.6 cm³/mol. The zero-order valence-corrected chi connectivity index (χ0v) is 11.6. The minimum Gasteiger partial charge on any atom is -0.497 e. The fraction of sp³-hybridized carbons (Fsp3) is 0.250. The molecule has 0 spiro atoms. The Balaban J connectivity index is 2.12. The summed E-state index contributed by atoms with van der Waals surface area (Å²) in [5, 5.41) is 12.1. The van der Waals surface area contributed by atoms with Crippen molar-refractivity contribution >= 4 is 5.82 Å². The molecular formula is C16H17N3O. The third-order valence-corrected chi connectivity index (χ3v) is 3.14. The smallest absolute Gasteiger partial charge is 0.126 e. The van der Waals surface area contributed by atoms with Gasteiger partial charge in [0, 0.05) is 6.20 Å². The lowest BCUT2D eigenvalue weighted by Gasteiger charge is -2.18. The van der Waals surface area contributed by atoms with Crippen molar-refractivity contribution in [3.8, 4) is 11.8 Å². The van der Waals surface area contributed by atoms with E-state index in [1.807, 2.05) is 30.3 Å². The number of hydrogen-bond acceptors (Lipinski definition) is 4. The molecule has 1 aromatic carbocycles. The maximum Gasteiger partial charge on any atom is 0.126 e. The molecule has 4 nitrogen and oxygen atoms in total. The molecule has 102 valence electrons. The van der Waals surface area contributed by atoms with Gasteiger partial charge in [-0.25, -0.2) is 4.98 Å². The SMILES string of the molecule is CCC(Nc1ccc(C#N)cn1)c1ccc(OC)cc1. The Kier molecular flexibility index (Phi) is 4.56. The van der Waals surface area contributed by atoms with Crippen molar-refractivity contribution in [1.82, 2.24) is 4.98 Å². The van der Waals surface area contributed by atoms with Crippen LogP contribution >= 0.6 is 0 Å². The van der Waals surface area contributed by atoms with Crippen LogP contribution in [0.1, 0.15) is 30.5 Å². The molecule has 1 aromatic heterocycles. The molecule has 0 aliphatic heterocycles. The van der Waals surface area contributed by atoms with Crippen molar-refractivity contribution < 1.29 is 4.74 Å². The highest BCUT2D eigenvalue weighted by atomic mass is 16.5. The first-order valence-electron chi connectivity index (χ1n) is 6.53. The van der Waals surface area contributed by atoms with Crippen molar-refractivity contribution in [2.24, 2.45) is 0 Å². The zero-order chi connectivity index (χ0) is 14.4. The molecule has 0 saturated carbocycles. The van der Waals surface area contributed by atoms with E-state index in [-0.39, 0.29) is 6.04 Å². The van der Waals surface area contributed by atoms with E-state index >= 15 is 0 Å². The van der Waals surface area contributed by atoms with Crippen LogP contribution in [0.3, 0.4) is 0 Å². The van der Waals surface area contributed by atoms with Gasteiger partial charge < -0.3 is 10.1 Å². The van der Waals surface area contributed by atoms with Crippen LogP contribution < -0.4 is 10.1 Å². The van der Waals surface area contributed by atoms with Crippen LogP contribution in [0.4, 0.5) is 5.82 Å². The van der Waals surface area contributed by atoms with Gasteiger partial charge in [0.15, 0.2) is 0 Å². The van der Waals surface area contributed by atoms with Gasteiger partial charge in [-0.1, -0.05) is 19.1 Å². The highest BCUT2D eigenvalue weighted by Crippen LogP contribution is 2.23. The number of rotatable bonds is 5. The van der Waals surface area contributed by atoms with E-state index in [4.69, 9.17) is 10.00 Å². The summed E-state index contributed by atoms with van der Waals surface area (Å²) >= 11 is 0. The van der Waals surface area contributed by atoms with Crippen molar-refractivity contribution in [1.29, 1.82) is 5.26 Å². The molecule has 1 unspecified atom stereocenters. The van der Waals surface area contributed by atoms with E-state index in [1.54, 1.807) is 19.4 Å². The quantitative estimate of drug-likeness (QED) is 0.900. The van der Waals surface area contributed by atoms with Gasteiger partial charge in [0.05, 0.1) is 18.7 Å². The third kappa shape index (κ3) is 3.27. The number of methoxy groups -OCH3 is 1. The monoisotopic (exact) mass is 267 g/mol. The lowest BCUT2D eigenvalue weighted by atomic mass is 10.0. The Morgan fingerprint density at radius 3 is 2.50 bits per heavy atom. The number of benzene rings is 1. The number of hydrogen-bond donors (Lipinski definition) is 1. The number of aromatic nitrogens is 1. The Morgan fingerprint density at radius 1 is 1.25 bits per heavy atom. The zero-order valence-electron chi connectivity index (χ0n) is 11.6. The number of pyridine rings is 1.